The van der Waals surface area contributed by atoms with Crippen LogP contribution in [0.15, 0.2) is 12.4 Å². The molecule has 27 heavy (non-hydrogen) atoms. The predicted octanol–water partition coefficient (Wildman–Crippen LogP) is 1.29. The summed E-state index contributed by atoms with van der Waals surface area (Å²) in [6.45, 7) is 10.4. The molecular formula is C17H25N7O3. The van der Waals surface area contributed by atoms with Gasteiger partial charge in [-0.25, -0.2) is 0 Å². The van der Waals surface area contributed by atoms with Crippen LogP contribution in [0.5, 0.6) is 0 Å². The highest BCUT2D eigenvalue weighted by Gasteiger charge is 2.31. The smallest absolute Gasteiger partial charge is 0.320 e. The maximum absolute atomic E-state index is 12.9. The number of aromatic nitrogens is 4. The average Bonchev–Trinajstić information content (AvgIpc) is 3.25. The van der Waals surface area contributed by atoms with E-state index < -0.39 is 4.92 Å². The second kappa shape index (κ2) is 7.87. The van der Waals surface area contributed by atoms with Crippen molar-refractivity contribution in [2.75, 3.05) is 26.2 Å². The monoisotopic (exact) mass is 375 g/mol. The Kier molecular flexibility index (Phi) is 5.54. The predicted molar refractivity (Wildman–Crippen MR) is 98.4 cm³/mol. The van der Waals surface area contributed by atoms with Crippen LogP contribution in [0.25, 0.3) is 0 Å². The Hall–Kier alpha value is -2.75. The molecule has 1 fully saturated rings. The summed E-state index contributed by atoms with van der Waals surface area (Å²) in [6.07, 6.45) is 3.22. The van der Waals surface area contributed by atoms with Gasteiger partial charge in [0, 0.05) is 57.6 Å². The average molecular weight is 375 g/mol. The van der Waals surface area contributed by atoms with Crippen LogP contribution in [0, 0.1) is 17.0 Å². The summed E-state index contributed by atoms with van der Waals surface area (Å²) in [5, 5.41) is 19.7. The molecule has 0 saturated carbocycles. The van der Waals surface area contributed by atoms with Gasteiger partial charge in [-0.05, 0) is 20.8 Å². The lowest BCUT2D eigenvalue weighted by Gasteiger charge is -2.34. The van der Waals surface area contributed by atoms with E-state index in [0.717, 1.165) is 38.1 Å². The Labute approximate surface area is 157 Å². The number of hydrogen-bond acceptors (Lipinski definition) is 6. The Morgan fingerprint density at radius 3 is 2.48 bits per heavy atom. The Morgan fingerprint density at radius 1 is 1.22 bits per heavy atom. The lowest BCUT2D eigenvalue weighted by atomic mass is 10.2. The molecule has 0 aromatic carbocycles. The Morgan fingerprint density at radius 2 is 1.93 bits per heavy atom. The molecule has 0 atom stereocenters. The van der Waals surface area contributed by atoms with Crippen molar-refractivity contribution in [3.05, 3.63) is 39.5 Å². The molecule has 146 valence electrons. The molecule has 0 N–H and O–H groups in total. The maximum atomic E-state index is 12.9. The third kappa shape index (κ3) is 3.85. The Balaban J connectivity index is 1.65. The van der Waals surface area contributed by atoms with Gasteiger partial charge in [0.15, 0.2) is 0 Å². The number of amides is 1. The van der Waals surface area contributed by atoms with Gasteiger partial charge in [-0.15, -0.1) is 0 Å². The molecule has 3 rings (SSSR count). The van der Waals surface area contributed by atoms with Crippen LogP contribution in [-0.4, -0.2) is 66.4 Å². The highest BCUT2D eigenvalue weighted by Crippen LogP contribution is 2.21. The van der Waals surface area contributed by atoms with Crippen LogP contribution >= 0.6 is 0 Å². The van der Waals surface area contributed by atoms with E-state index in [0.29, 0.717) is 19.6 Å². The number of rotatable bonds is 6. The second-order valence-electron chi connectivity index (χ2n) is 6.62. The van der Waals surface area contributed by atoms with Crippen molar-refractivity contribution < 1.29 is 9.72 Å². The van der Waals surface area contributed by atoms with Crippen molar-refractivity contribution in [3.63, 3.8) is 0 Å². The molecule has 0 spiro atoms. The van der Waals surface area contributed by atoms with E-state index in [-0.39, 0.29) is 17.3 Å². The minimum absolute atomic E-state index is 0.0658. The van der Waals surface area contributed by atoms with Crippen LogP contribution in [0.3, 0.4) is 0 Å². The number of aryl methyl sites for hydroxylation is 3. The molecule has 0 aliphatic carbocycles. The standard InChI is InChI=1S/C17H25N7O3/c1-4-22-12-14(13(3)19-22)11-20-6-8-21(9-7-20)17(25)16-15(24(26)27)10-18-23(16)5-2/h10,12H,4-9,11H2,1-3H3. The second-order valence-corrected chi connectivity index (χ2v) is 6.62. The first-order valence-corrected chi connectivity index (χ1v) is 9.19. The maximum Gasteiger partial charge on any atom is 0.320 e. The summed E-state index contributed by atoms with van der Waals surface area (Å²) in [7, 11) is 0. The minimum Gasteiger partial charge on any atom is -0.335 e. The summed E-state index contributed by atoms with van der Waals surface area (Å²) in [4.78, 5) is 27.5. The molecule has 3 heterocycles. The van der Waals surface area contributed by atoms with E-state index in [9.17, 15) is 14.9 Å². The molecule has 0 radical (unpaired) electrons. The molecule has 1 aliphatic heterocycles. The Bertz CT molecular complexity index is 834. The summed E-state index contributed by atoms with van der Waals surface area (Å²) < 4.78 is 3.32. The number of piperazine rings is 1. The molecule has 2 aromatic heterocycles. The zero-order valence-electron chi connectivity index (χ0n) is 16.0. The normalized spacial score (nSPS) is 15.3. The zero-order valence-corrected chi connectivity index (χ0v) is 16.0. The number of nitrogens with zero attached hydrogens (tertiary/aromatic N) is 7. The van der Waals surface area contributed by atoms with Crippen LogP contribution in [0.4, 0.5) is 5.69 Å². The first-order chi connectivity index (χ1) is 12.9. The van der Waals surface area contributed by atoms with Gasteiger partial charge in [0.1, 0.15) is 6.20 Å². The molecule has 10 nitrogen and oxygen atoms in total. The third-order valence-electron chi connectivity index (χ3n) is 4.94. The van der Waals surface area contributed by atoms with Crippen LogP contribution in [-0.2, 0) is 19.6 Å². The zero-order chi connectivity index (χ0) is 19.6. The number of carbonyl (C=O) groups excluding carboxylic acids is 1. The van der Waals surface area contributed by atoms with Crippen LogP contribution in [0.2, 0.25) is 0 Å². The summed E-state index contributed by atoms with van der Waals surface area (Å²) >= 11 is 0. The highest BCUT2D eigenvalue weighted by molar-refractivity contribution is 5.96. The summed E-state index contributed by atoms with van der Waals surface area (Å²) in [6, 6.07) is 0. The van der Waals surface area contributed by atoms with E-state index >= 15 is 0 Å². The van der Waals surface area contributed by atoms with Crippen LogP contribution < -0.4 is 0 Å². The highest BCUT2D eigenvalue weighted by atomic mass is 16.6. The van der Waals surface area contributed by atoms with E-state index in [1.807, 2.05) is 18.5 Å². The largest absolute Gasteiger partial charge is 0.335 e. The molecule has 10 heteroatoms. The van der Waals surface area contributed by atoms with Crippen molar-refractivity contribution >= 4 is 11.6 Å². The van der Waals surface area contributed by atoms with Gasteiger partial charge in [0.2, 0.25) is 5.69 Å². The van der Waals surface area contributed by atoms with Gasteiger partial charge in [-0.2, -0.15) is 10.2 Å². The molecular weight excluding hydrogens is 350 g/mol. The van der Waals surface area contributed by atoms with E-state index in [2.05, 4.69) is 28.2 Å². The number of carbonyl (C=O) groups is 1. The van der Waals surface area contributed by atoms with Crippen molar-refractivity contribution in [2.45, 2.75) is 40.4 Å². The van der Waals surface area contributed by atoms with E-state index in [1.54, 1.807) is 4.90 Å². The van der Waals surface area contributed by atoms with Crippen molar-refractivity contribution in [2.24, 2.45) is 0 Å². The topological polar surface area (TPSA) is 102 Å². The lowest BCUT2D eigenvalue weighted by molar-refractivity contribution is -0.385. The fourth-order valence-corrected chi connectivity index (χ4v) is 3.34. The molecule has 0 unspecified atom stereocenters. The fraction of sp³-hybridized carbons (Fsp3) is 0.588. The number of hydrogen-bond donors (Lipinski definition) is 0. The van der Waals surface area contributed by atoms with Crippen molar-refractivity contribution in [1.29, 1.82) is 0 Å². The van der Waals surface area contributed by atoms with Crippen molar-refractivity contribution in [3.8, 4) is 0 Å². The van der Waals surface area contributed by atoms with Crippen molar-refractivity contribution in [1.82, 2.24) is 29.4 Å². The van der Waals surface area contributed by atoms with Gasteiger partial charge >= 0.3 is 5.69 Å². The SMILES string of the molecule is CCn1cc(CN2CCN(C(=O)c3c([N+](=O)[O-])cnn3CC)CC2)c(C)n1. The molecule has 2 aromatic rings. The molecule has 1 aliphatic rings. The first kappa shape index (κ1) is 19.0. The summed E-state index contributed by atoms with van der Waals surface area (Å²) in [5.74, 6) is -0.323. The molecule has 0 bridgehead atoms. The minimum atomic E-state index is -0.545. The van der Waals surface area contributed by atoms with Gasteiger partial charge < -0.3 is 4.90 Å². The van der Waals surface area contributed by atoms with E-state index in [4.69, 9.17) is 0 Å². The first-order valence-electron chi connectivity index (χ1n) is 9.19. The van der Waals surface area contributed by atoms with Crippen LogP contribution in [0.1, 0.15) is 35.6 Å². The number of nitro groups is 1. The quantitative estimate of drug-likeness (QED) is 0.557. The van der Waals surface area contributed by atoms with Gasteiger partial charge in [0.05, 0.1) is 10.6 Å². The fourth-order valence-electron chi connectivity index (χ4n) is 3.34. The van der Waals surface area contributed by atoms with Gasteiger partial charge in [-0.1, -0.05) is 0 Å². The van der Waals surface area contributed by atoms with Gasteiger partial charge in [0.25, 0.3) is 5.91 Å². The van der Waals surface area contributed by atoms with E-state index in [1.165, 1.54) is 10.2 Å². The lowest BCUT2D eigenvalue weighted by Crippen LogP contribution is -2.48. The molecule has 1 amide bonds. The summed E-state index contributed by atoms with van der Waals surface area (Å²) in [5.41, 5.74) is 2.05. The van der Waals surface area contributed by atoms with Gasteiger partial charge in [-0.3, -0.25) is 29.2 Å². The third-order valence-corrected chi connectivity index (χ3v) is 4.94. The molecule has 1 saturated heterocycles.